The topological polar surface area (TPSA) is 35.2 Å². The lowest BCUT2D eigenvalue weighted by Crippen LogP contribution is -2.06. The standard InChI is InChI=1S/C14H9F6NO/c15-13(16,17)8-1-3-11(4-2-8)22-12-6-9(14(18,19)20)5-10(21)7-12/h1-7H,21H2. The quantitative estimate of drug-likeness (QED) is 0.617. The van der Waals surface area contributed by atoms with Gasteiger partial charge in [-0.3, -0.25) is 0 Å². The summed E-state index contributed by atoms with van der Waals surface area (Å²) in [5.74, 6) is -0.251. The van der Waals surface area contributed by atoms with Crippen LogP contribution in [0.1, 0.15) is 11.1 Å². The van der Waals surface area contributed by atoms with Gasteiger partial charge in [0.2, 0.25) is 0 Å². The maximum absolute atomic E-state index is 12.6. The van der Waals surface area contributed by atoms with Crippen LogP contribution in [0.2, 0.25) is 0 Å². The van der Waals surface area contributed by atoms with Crippen LogP contribution in [-0.2, 0) is 12.4 Å². The van der Waals surface area contributed by atoms with Gasteiger partial charge in [0, 0.05) is 11.8 Å². The Morgan fingerprint density at radius 1 is 0.682 bits per heavy atom. The van der Waals surface area contributed by atoms with Crippen LogP contribution in [0.4, 0.5) is 32.0 Å². The maximum Gasteiger partial charge on any atom is 0.416 e. The zero-order valence-electron chi connectivity index (χ0n) is 10.8. The van der Waals surface area contributed by atoms with Gasteiger partial charge in [-0.15, -0.1) is 0 Å². The average molecular weight is 321 g/mol. The number of ether oxygens (including phenoxy) is 1. The van der Waals surface area contributed by atoms with Gasteiger partial charge in [-0.2, -0.15) is 26.3 Å². The van der Waals surface area contributed by atoms with Crippen LogP contribution in [-0.4, -0.2) is 0 Å². The molecule has 2 nitrogen and oxygen atoms in total. The van der Waals surface area contributed by atoms with Crippen molar-refractivity contribution in [3.63, 3.8) is 0 Å². The molecule has 0 aliphatic heterocycles. The molecule has 0 saturated carbocycles. The summed E-state index contributed by atoms with van der Waals surface area (Å²) in [6.45, 7) is 0. The lowest BCUT2D eigenvalue weighted by Gasteiger charge is -2.12. The normalized spacial score (nSPS) is 12.3. The van der Waals surface area contributed by atoms with E-state index in [2.05, 4.69) is 0 Å². The summed E-state index contributed by atoms with van der Waals surface area (Å²) in [5, 5.41) is 0. The number of rotatable bonds is 2. The lowest BCUT2D eigenvalue weighted by molar-refractivity contribution is -0.138. The smallest absolute Gasteiger partial charge is 0.416 e. The van der Waals surface area contributed by atoms with Gasteiger partial charge >= 0.3 is 12.4 Å². The van der Waals surface area contributed by atoms with Crippen molar-refractivity contribution in [2.75, 3.05) is 5.73 Å². The number of nitrogens with two attached hydrogens (primary N) is 1. The Morgan fingerprint density at radius 3 is 1.73 bits per heavy atom. The summed E-state index contributed by atoms with van der Waals surface area (Å²) in [4.78, 5) is 0. The molecule has 0 fully saturated rings. The van der Waals surface area contributed by atoms with Crippen molar-refractivity contribution in [2.24, 2.45) is 0 Å². The van der Waals surface area contributed by atoms with Crippen LogP contribution in [0, 0.1) is 0 Å². The second kappa shape index (κ2) is 5.43. The van der Waals surface area contributed by atoms with E-state index in [9.17, 15) is 26.3 Å². The Balaban J connectivity index is 2.26. The molecule has 0 aromatic heterocycles. The molecule has 22 heavy (non-hydrogen) atoms. The minimum atomic E-state index is -4.60. The molecule has 8 heteroatoms. The molecule has 0 radical (unpaired) electrons. The third kappa shape index (κ3) is 3.84. The van der Waals surface area contributed by atoms with Gasteiger partial charge in [0.25, 0.3) is 0 Å². The number of hydrogen-bond donors (Lipinski definition) is 1. The molecular weight excluding hydrogens is 312 g/mol. The van der Waals surface area contributed by atoms with Gasteiger partial charge in [0.1, 0.15) is 11.5 Å². The summed E-state index contributed by atoms with van der Waals surface area (Å²) >= 11 is 0. The third-order valence-electron chi connectivity index (χ3n) is 2.67. The molecule has 0 spiro atoms. The molecule has 0 aliphatic rings. The number of hydrogen-bond acceptors (Lipinski definition) is 2. The van der Waals surface area contributed by atoms with Crippen molar-refractivity contribution in [3.8, 4) is 11.5 Å². The van der Waals surface area contributed by atoms with Crippen molar-refractivity contribution in [3.05, 3.63) is 53.6 Å². The molecule has 0 aliphatic carbocycles. The Labute approximate surface area is 121 Å². The van der Waals surface area contributed by atoms with Gasteiger partial charge in [0.05, 0.1) is 11.1 Å². The minimum Gasteiger partial charge on any atom is -0.457 e. The Kier molecular flexibility index (Phi) is 3.95. The molecule has 0 bridgehead atoms. The zero-order valence-corrected chi connectivity index (χ0v) is 10.8. The molecule has 118 valence electrons. The summed E-state index contributed by atoms with van der Waals surface area (Å²) in [6.07, 6.45) is -9.10. The molecule has 2 aromatic rings. The van der Waals surface area contributed by atoms with Crippen molar-refractivity contribution in [1.82, 2.24) is 0 Å². The van der Waals surface area contributed by atoms with Crippen LogP contribution in [0.5, 0.6) is 11.5 Å². The van der Waals surface area contributed by atoms with Crippen LogP contribution in [0.3, 0.4) is 0 Å². The van der Waals surface area contributed by atoms with E-state index in [4.69, 9.17) is 10.5 Å². The Morgan fingerprint density at radius 2 is 1.23 bits per heavy atom. The molecule has 0 atom stereocenters. The van der Waals surface area contributed by atoms with Crippen molar-refractivity contribution in [2.45, 2.75) is 12.4 Å². The van der Waals surface area contributed by atoms with Gasteiger partial charge in [-0.05, 0) is 36.4 Å². The number of benzene rings is 2. The highest BCUT2D eigenvalue weighted by molar-refractivity contribution is 5.49. The highest BCUT2D eigenvalue weighted by Crippen LogP contribution is 2.35. The van der Waals surface area contributed by atoms with Crippen molar-refractivity contribution in [1.29, 1.82) is 0 Å². The SMILES string of the molecule is Nc1cc(Oc2ccc(C(F)(F)F)cc2)cc(C(F)(F)F)c1. The van der Waals surface area contributed by atoms with Gasteiger partial charge in [-0.25, -0.2) is 0 Å². The van der Waals surface area contributed by atoms with Crippen LogP contribution in [0.15, 0.2) is 42.5 Å². The van der Waals surface area contributed by atoms with Crippen LogP contribution >= 0.6 is 0 Å². The van der Waals surface area contributed by atoms with Gasteiger partial charge < -0.3 is 10.5 Å². The molecular formula is C14H9F6NO. The van der Waals surface area contributed by atoms with E-state index in [0.29, 0.717) is 6.07 Å². The van der Waals surface area contributed by atoms with Crippen molar-refractivity contribution < 1.29 is 31.1 Å². The molecule has 2 N–H and O–H groups in total. The van der Waals surface area contributed by atoms with E-state index >= 15 is 0 Å². The van der Waals surface area contributed by atoms with Gasteiger partial charge in [-0.1, -0.05) is 0 Å². The number of halogens is 6. The molecule has 0 amide bonds. The second-order valence-electron chi connectivity index (χ2n) is 4.41. The van der Waals surface area contributed by atoms with E-state index < -0.39 is 23.5 Å². The first-order valence-corrected chi connectivity index (χ1v) is 5.88. The first-order valence-electron chi connectivity index (χ1n) is 5.88. The first kappa shape index (κ1) is 16.0. The van der Waals surface area contributed by atoms with E-state index in [-0.39, 0.29) is 17.2 Å². The molecule has 2 aromatic carbocycles. The largest absolute Gasteiger partial charge is 0.457 e. The second-order valence-corrected chi connectivity index (χ2v) is 4.41. The number of alkyl halides is 6. The highest BCUT2D eigenvalue weighted by Gasteiger charge is 2.32. The zero-order chi connectivity index (χ0) is 16.5. The predicted molar refractivity (Wildman–Crippen MR) is 67.4 cm³/mol. The summed E-state index contributed by atoms with van der Waals surface area (Å²) in [5.41, 5.74) is 3.30. The molecule has 0 heterocycles. The minimum absolute atomic E-state index is 0.0354. The average Bonchev–Trinajstić information content (AvgIpc) is 2.36. The number of nitrogen functional groups attached to an aromatic ring is 1. The molecule has 0 saturated heterocycles. The predicted octanol–water partition coefficient (Wildman–Crippen LogP) is 5.10. The Bertz CT molecular complexity index is 661. The maximum atomic E-state index is 12.6. The van der Waals surface area contributed by atoms with Crippen LogP contribution < -0.4 is 10.5 Å². The third-order valence-corrected chi connectivity index (χ3v) is 2.67. The fourth-order valence-electron chi connectivity index (χ4n) is 1.69. The van der Waals surface area contributed by atoms with E-state index in [0.717, 1.165) is 36.4 Å². The van der Waals surface area contributed by atoms with Gasteiger partial charge in [0.15, 0.2) is 0 Å². The first-order chi connectivity index (χ1) is 10.1. The van der Waals surface area contributed by atoms with E-state index in [1.165, 1.54) is 0 Å². The fraction of sp³-hybridized carbons (Fsp3) is 0.143. The summed E-state index contributed by atoms with van der Waals surface area (Å²) < 4.78 is 80.2. The van der Waals surface area contributed by atoms with Crippen LogP contribution in [0.25, 0.3) is 0 Å². The monoisotopic (exact) mass is 321 g/mol. The summed E-state index contributed by atoms with van der Waals surface area (Å²) in [7, 11) is 0. The van der Waals surface area contributed by atoms with E-state index in [1.54, 1.807) is 0 Å². The lowest BCUT2D eigenvalue weighted by atomic mass is 10.2. The van der Waals surface area contributed by atoms with E-state index in [1.807, 2.05) is 0 Å². The Hall–Kier alpha value is -2.38. The van der Waals surface area contributed by atoms with Crippen molar-refractivity contribution >= 4 is 5.69 Å². The highest BCUT2D eigenvalue weighted by atomic mass is 19.4. The fourth-order valence-corrected chi connectivity index (χ4v) is 1.69. The molecule has 2 rings (SSSR count). The summed E-state index contributed by atoms with van der Waals surface area (Å²) in [6, 6.07) is 6.16. The molecule has 0 unspecified atom stereocenters. The number of anilines is 1.